The van der Waals surface area contributed by atoms with Crippen LogP contribution in [0.15, 0.2) is 0 Å². The SMILES string of the molecule is COCCOCCOC1(CBr)CCOCC1. The van der Waals surface area contributed by atoms with Crippen molar-refractivity contribution in [3.05, 3.63) is 0 Å². The molecular formula is C11H21BrO4. The molecule has 1 aliphatic heterocycles. The topological polar surface area (TPSA) is 36.9 Å². The zero-order valence-electron chi connectivity index (χ0n) is 9.87. The molecule has 0 amide bonds. The average Bonchev–Trinajstić information content (AvgIpc) is 2.35. The molecule has 1 saturated heterocycles. The van der Waals surface area contributed by atoms with Gasteiger partial charge in [-0.25, -0.2) is 0 Å². The Bertz CT molecular complexity index is 171. The van der Waals surface area contributed by atoms with Gasteiger partial charge in [-0.05, 0) is 0 Å². The minimum absolute atomic E-state index is 0.0527. The molecule has 0 aromatic carbocycles. The van der Waals surface area contributed by atoms with Crippen molar-refractivity contribution in [2.45, 2.75) is 18.4 Å². The lowest BCUT2D eigenvalue weighted by molar-refractivity contribution is -0.108. The Balaban J connectivity index is 2.08. The molecule has 16 heavy (non-hydrogen) atoms. The van der Waals surface area contributed by atoms with E-state index in [0.717, 1.165) is 31.4 Å². The van der Waals surface area contributed by atoms with Gasteiger partial charge in [0.15, 0.2) is 0 Å². The monoisotopic (exact) mass is 296 g/mol. The van der Waals surface area contributed by atoms with Gasteiger partial charge in [0.05, 0.1) is 32.0 Å². The highest BCUT2D eigenvalue weighted by molar-refractivity contribution is 9.09. The lowest BCUT2D eigenvalue weighted by Crippen LogP contribution is -2.41. The molecule has 0 aliphatic carbocycles. The van der Waals surface area contributed by atoms with E-state index in [1.54, 1.807) is 7.11 Å². The number of hydrogen-bond acceptors (Lipinski definition) is 4. The first kappa shape index (κ1) is 14.4. The summed E-state index contributed by atoms with van der Waals surface area (Å²) in [7, 11) is 1.67. The lowest BCUT2D eigenvalue weighted by Gasteiger charge is -2.35. The summed E-state index contributed by atoms with van der Waals surface area (Å²) in [4.78, 5) is 0. The molecule has 96 valence electrons. The van der Waals surface area contributed by atoms with Crippen LogP contribution in [0.3, 0.4) is 0 Å². The van der Waals surface area contributed by atoms with E-state index >= 15 is 0 Å². The Kier molecular flexibility index (Phi) is 7.56. The van der Waals surface area contributed by atoms with Crippen LogP contribution in [0.2, 0.25) is 0 Å². The number of methoxy groups -OCH3 is 1. The minimum Gasteiger partial charge on any atom is -0.382 e. The van der Waals surface area contributed by atoms with Gasteiger partial charge in [-0.15, -0.1) is 0 Å². The Labute approximate surface area is 106 Å². The van der Waals surface area contributed by atoms with Crippen molar-refractivity contribution in [2.24, 2.45) is 0 Å². The molecule has 1 aliphatic rings. The first-order valence-corrected chi connectivity index (χ1v) is 6.79. The van der Waals surface area contributed by atoms with Crippen LogP contribution in [0, 0.1) is 0 Å². The van der Waals surface area contributed by atoms with Crippen LogP contribution in [0.5, 0.6) is 0 Å². The number of hydrogen-bond donors (Lipinski definition) is 0. The maximum Gasteiger partial charge on any atom is 0.0823 e. The number of ether oxygens (including phenoxy) is 4. The summed E-state index contributed by atoms with van der Waals surface area (Å²) in [6, 6.07) is 0. The van der Waals surface area contributed by atoms with Gasteiger partial charge in [0.25, 0.3) is 0 Å². The van der Waals surface area contributed by atoms with Crippen LogP contribution in [-0.2, 0) is 18.9 Å². The second-order valence-electron chi connectivity index (χ2n) is 3.88. The van der Waals surface area contributed by atoms with Crippen molar-refractivity contribution in [1.82, 2.24) is 0 Å². The molecule has 1 rings (SSSR count). The zero-order valence-corrected chi connectivity index (χ0v) is 11.5. The van der Waals surface area contributed by atoms with Gasteiger partial charge >= 0.3 is 0 Å². The molecule has 0 spiro atoms. The van der Waals surface area contributed by atoms with Crippen LogP contribution < -0.4 is 0 Å². The maximum absolute atomic E-state index is 5.91. The molecule has 0 aromatic rings. The van der Waals surface area contributed by atoms with Gasteiger partial charge in [0, 0.05) is 38.5 Å². The Morgan fingerprint density at radius 2 is 1.81 bits per heavy atom. The summed E-state index contributed by atoms with van der Waals surface area (Å²) in [5.74, 6) is 0. The van der Waals surface area contributed by atoms with Crippen LogP contribution >= 0.6 is 15.9 Å². The molecule has 4 nitrogen and oxygen atoms in total. The van der Waals surface area contributed by atoms with Crippen molar-refractivity contribution in [3.63, 3.8) is 0 Å². The van der Waals surface area contributed by atoms with Gasteiger partial charge in [-0.3, -0.25) is 0 Å². The second kappa shape index (κ2) is 8.42. The smallest absolute Gasteiger partial charge is 0.0823 e. The average molecular weight is 297 g/mol. The molecule has 0 N–H and O–H groups in total. The van der Waals surface area contributed by atoms with E-state index in [0.29, 0.717) is 26.4 Å². The molecule has 0 aromatic heterocycles. The first-order valence-electron chi connectivity index (χ1n) is 5.67. The van der Waals surface area contributed by atoms with E-state index in [1.807, 2.05) is 0 Å². The predicted molar refractivity (Wildman–Crippen MR) is 65.2 cm³/mol. The summed E-state index contributed by atoms with van der Waals surface area (Å²) in [6.07, 6.45) is 1.91. The molecule has 0 unspecified atom stereocenters. The quantitative estimate of drug-likeness (QED) is 0.504. The van der Waals surface area contributed by atoms with Crippen molar-refractivity contribution in [1.29, 1.82) is 0 Å². The second-order valence-corrected chi connectivity index (χ2v) is 4.44. The van der Waals surface area contributed by atoms with E-state index in [9.17, 15) is 0 Å². The van der Waals surface area contributed by atoms with Crippen molar-refractivity contribution < 1.29 is 18.9 Å². The fourth-order valence-electron chi connectivity index (χ4n) is 1.62. The molecule has 0 atom stereocenters. The normalized spacial score (nSPS) is 19.9. The third kappa shape index (κ3) is 5.10. The van der Waals surface area contributed by atoms with Crippen LogP contribution in [0.25, 0.3) is 0 Å². The maximum atomic E-state index is 5.91. The van der Waals surface area contributed by atoms with E-state index in [1.165, 1.54) is 0 Å². The van der Waals surface area contributed by atoms with E-state index < -0.39 is 0 Å². The van der Waals surface area contributed by atoms with Crippen LogP contribution in [-0.4, -0.2) is 57.7 Å². The van der Waals surface area contributed by atoms with Gasteiger partial charge in [-0.2, -0.15) is 0 Å². The molecule has 0 saturated carbocycles. The molecule has 5 heteroatoms. The summed E-state index contributed by atoms with van der Waals surface area (Å²) >= 11 is 3.52. The van der Waals surface area contributed by atoms with Crippen molar-refractivity contribution >= 4 is 15.9 Å². The van der Waals surface area contributed by atoms with Gasteiger partial charge in [-0.1, -0.05) is 15.9 Å². The molecule has 0 radical (unpaired) electrons. The third-order valence-corrected chi connectivity index (χ3v) is 3.74. The van der Waals surface area contributed by atoms with E-state index in [4.69, 9.17) is 18.9 Å². The minimum atomic E-state index is -0.0527. The number of rotatable bonds is 8. The highest BCUT2D eigenvalue weighted by Gasteiger charge is 2.32. The largest absolute Gasteiger partial charge is 0.382 e. The first-order chi connectivity index (χ1) is 7.83. The summed E-state index contributed by atoms with van der Waals surface area (Å²) < 4.78 is 21.5. The van der Waals surface area contributed by atoms with Crippen molar-refractivity contribution in [3.8, 4) is 0 Å². The van der Waals surface area contributed by atoms with Crippen molar-refractivity contribution in [2.75, 3.05) is 52.1 Å². The fourth-order valence-corrected chi connectivity index (χ4v) is 2.34. The van der Waals surface area contributed by atoms with Gasteiger partial charge in [0.2, 0.25) is 0 Å². The van der Waals surface area contributed by atoms with E-state index in [-0.39, 0.29) is 5.60 Å². The molecular weight excluding hydrogens is 276 g/mol. The Morgan fingerprint density at radius 3 is 2.44 bits per heavy atom. The predicted octanol–water partition coefficient (Wildman–Crippen LogP) is 1.61. The third-order valence-electron chi connectivity index (χ3n) is 2.72. The highest BCUT2D eigenvalue weighted by atomic mass is 79.9. The fraction of sp³-hybridized carbons (Fsp3) is 1.00. The van der Waals surface area contributed by atoms with Gasteiger partial charge < -0.3 is 18.9 Å². The number of alkyl halides is 1. The lowest BCUT2D eigenvalue weighted by atomic mass is 9.97. The van der Waals surface area contributed by atoms with Crippen LogP contribution in [0.1, 0.15) is 12.8 Å². The highest BCUT2D eigenvalue weighted by Crippen LogP contribution is 2.27. The molecule has 1 heterocycles. The summed E-state index contributed by atoms with van der Waals surface area (Å²) in [6.45, 7) is 4.10. The molecule has 1 fully saturated rings. The Hall–Kier alpha value is 0.320. The van der Waals surface area contributed by atoms with Crippen LogP contribution in [0.4, 0.5) is 0 Å². The van der Waals surface area contributed by atoms with E-state index in [2.05, 4.69) is 15.9 Å². The summed E-state index contributed by atoms with van der Waals surface area (Å²) in [5, 5.41) is 0.863. The Morgan fingerprint density at radius 1 is 1.12 bits per heavy atom. The molecule has 0 bridgehead atoms. The standard InChI is InChI=1S/C11H21BrO4/c1-13-6-7-15-8-9-16-11(10-12)2-4-14-5-3-11/h2-10H2,1H3. The number of halogens is 1. The van der Waals surface area contributed by atoms with Gasteiger partial charge in [0.1, 0.15) is 0 Å². The zero-order chi connectivity index (χ0) is 11.7. The summed E-state index contributed by atoms with van der Waals surface area (Å²) in [5.41, 5.74) is -0.0527.